The first-order valence-corrected chi connectivity index (χ1v) is 8.21. The van der Waals surface area contributed by atoms with E-state index >= 15 is 0 Å². The van der Waals surface area contributed by atoms with Crippen LogP contribution in [-0.4, -0.2) is 40.6 Å². The van der Waals surface area contributed by atoms with Gasteiger partial charge in [0.05, 0.1) is 0 Å². The van der Waals surface area contributed by atoms with Crippen LogP contribution in [0.3, 0.4) is 0 Å². The Balaban J connectivity index is 2.02. The molecule has 5 heteroatoms. The molecule has 1 saturated heterocycles. The Labute approximate surface area is 127 Å². The smallest absolute Gasteiger partial charge is 0.326 e. The Hall–Kier alpha value is -1.26. The number of piperidine rings is 1. The predicted molar refractivity (Wildman–Crippen MR) is 81.0 cm³/mol. The number of aliphatic carboxylic acids is 1. The summed E-state index contributed by atoms with van der Waals surface area (Å²) in [4.78, 5) is 25.5. The number of carbonyl (C=O) groups is 2. The normalized spacial score (nSPS) is 37.1. The van der Waals surface area contributed by atoms with Crippen molar-refractivity contribution in [1.29, 1.82) is 0 Å². The molecule has 0 spiro atoms. The number of amides is 2. The van der Waals surface area contributed by atoms with Gasteiger partial charge >= 0.3 is 12.0 Å². The van der Waals surface area contributed by atoms with Crippen molar-refractivity contribution >= 4 is 12.0 Å². The third-order valence-corrected chi connectivity index (χ3v) is 5.46. The van der Waals surface area contributed by atoms with Crippen LogP contribution in [0.5, 0.6) is 0 Å². The molecule has 0 aromatic heterocycles. The molecule has 2 fully saturated rings. The van der Waals surface area contributed by atoms with Crippen molar-refractivity contribution in [2.24, 2.45) is 17.8 Å². The molecule has 0 bridgehead atoms. The third-order valence-electron chi connectivity index (χ3n) is 5.46. The van der Waals surface area contributed by atoms with Crippen LogP contribution < -0.4 is 5.32 Å². The van der Waals surface area contributed by atoms with Gasteiger partial charge in [0, 0.05) is 12.6 Å². The highest BCUT2D eigenvalue weighted by atomic mass is 16.4. The number of carboxylic acid groups (broad SMARTS) is 1. The standard InChI is InChI=1S/C16H28N2O3/c1-10-6-4-8-13(12(10)3)17-16(21)18-9-5-7-11(2)14(18)15(19)20/h10-14H,4-9H2,1-3H3,(H,17,21)(H,19,20). The molecule has 1 aliphatic heterocycles. The van der Waals surface area contributed by atoms with E-state index < -0.39 is 12.0 Å². The van der Waals surface area contributed by atoms with Crippen LogP contribution in [0.15, 0.2) is 0 Å². The summed E-state index contributed by atoms with van der Waals surface area (Å²) in [5, 5.41) is 12.5. The third kappa shape index (κ3) is 3.50. The summed E-state index contributed by atoms with van der Waals surface area (Å²) in [6.45, 7) is 6.88. The summed E-state index contributed by atoms with van der Waals surface area (Å²) < 4.78 is 0. The molecule has 1 heterocycles. The average molecular weight is 296 g/mol. The van der Waals surface area contributed by atoms with Crippen LogP contribution >= 0.6 is 0 Å². The van der Waals surface area contributed by atoms with Crippen LogP contribution in [0.1, 0.15) is 52.9 Å². The second kappa shape index (κ2) is 6.67. The minimum Gasteiger partial charge on any atom is -0.480 e. The van der Waals surface area contributed by atoms with Crippen LogP contribution in [0.25, 0.3) is 0 Å². The maximum Gasteiger partial charge on any atom is 0.326 e. The lowest BCUT2D eigenvalue weighted by molar-refractivity contribution is -0.145. The van der Waals surface area contributed by atoms with Crippen molar-refractivity contribution in [3.63, 3.8) is 0 Å². The Morgan fingerprint density at radius 2 is 1.71 bits per heavy atom. The van der Waals surface area contributed by atoms with E-state index in [2.05, 4.69) is 19.2 Å². The molecule has 0 radical (unpaired) electrons. The molecule has 5 nitrogen and oxygen atoms in total. The summed E-state index contributed by atoms with van der Waals surface area (Å²) in [6, 6.07) is -0.706. The highest BCUT2D eigenvalue weighted by Crippen LogP contribution is 2.30. The lowest BCUT2D eigenvalue weighted by atomic mass is 9.78. The van der Waals surface area contributed by atoms with Gasteiger partial charge in [-0.3, -0.25) is 0 Å². The van der Waals surface area contributed by atoms with Gasteiger partial charge in [-0.05, 0) is 37.0 Å². The number of nitrogens with zero attached hydrogens (tertiary/aromatic N) is 1. The van der Waals surface area contributed by atoms with Crippen LogP contribution in [-0.2, 0) is 4.79 Å². The van der Waals surface area contributed by atoms with E-state index in [9.17, 15) is 14.7 Å². The number of urea groups is 1. The fourth-order valence-corrected chi connectivity index (χ4v) is 3.82. The van der Waals surface area contributed by atoms with Gasteiger partial charge in [-0.2, -0.15) is 0 Å². The summed E-state index contributed by atoms with van der Waals surface area (Å²) >= 11 is 0. The molecular formula is C16H28N2O3. The minimum absolute atomic E-state index is 0.0182. The summed E-state index contributed by atoms with van der Waals surface area (Å²) in [5.74, 6) is 0.194. The van der Waals surface area contributed by atoms with E-state index in [0.717, 1.165) is 25.7 Å². The molecule has 0 aromatic carbocycles. The molecule has 2 amide bonds. The molecule has 0 aromatic rings. The fourth-order valence-electron chi connectivity index (χ4n) is 3.82. The summed E-state index contributed by atoms with van der Waals surface area (Å²) in [7, 11) is 0. The Morgan fingerprint density at radius 1 is 1.05 bits per heavy atom. The molecule has 2 N–H and O–H groups in total. The molecule has 120 valence electrons. The SMILES string of the molecule is CC1CCCC(NC(=O)N2CCCC(C)C2C(=O)O)C1C. The lowest BCUT2D eigenvalue weighted by Gasteiger charge is -2.40. The van der Waals surface area contributed by atoms with Crippen molar-refractivity contribution in [3.8, 4) is 0 Å². The van der Waals surface area contributed by atoms with E-state index in [1.165, 1.54) is 11.3 Å². The van der Waals surface area contributed by atoms with Crippen LogP contribution in [0.4, 0.5) is 4.79 Å². The topological polar surface area (TPSA) is 69.6 Å². The van der Waals surface area contributed by atoms with E-state index in [1.807, 2.05) is 6.92 Å². The first-order valence-electron chi connectivity index (χ1n) is 8.21. The number of carboxylic acids is 1. The van der Waals surface area contributed by atoms with E-state index in [1.54, 1.807) is 0 Å². The van der Waals surface area contributed by atoms with Gasteiger partial charge in [0.2, 0.25) is 0 Å². The van der Waals surface area contributed by atoms with Gasteiger partial charge in [-0.1, -0.05) is 33.6 Å². The van der Waals surface area contributed by atoms with Crippen molar-refractivity contribution in [1.82, 2.24) is 10.2 Å². The maximum atomic E-state index is 12.5. The molecule has 5 unspecified atom stereocenters. The largest absolute Gasteiger partial charge is 0.480 e. The second-order valence-corrected chi connectivity index (χ2v) is 6.92. The monoisotopic (exact) mass is 296 g/mol. The van der Waals surface area contributed by atoms with Crippen molar-refractivity contribution < 1.29 is 14.7 Å². The number of rotatable bonds is 2. The van der Waals surface area contributed by atoms with Gasteiger partial charge < -0.3 is 15.3 Å². The van der Waals surface area contributed by atoms with Gasteiger partial charge in [0.15, 0.2) is 0 Å². The number of carbonyl (C=O) groups excluding carboxylic acids is 1. The van der Waals surface area contributed by atoms with Gasteiger partial charge in [-0.15, -0.1) is 0 Å². The second-order valence-electron chi connectivity index (χ2n) is 6.92. The fraction of sp³-hybridized carbons (Fsp3) is 0.875. The number of hydrogen-bond acceptors (Lipinski definition) is 2. The molecule has 1 aliphatic carbocycles. The number of likely N-dealkylation sites (tertiary alicyclic amines) is 1. The summed E-state index contributed by atoms with van der Waals surface area (Å²) in [6.07, 6.45) is 5.10. The molecule has 2 rings (SSSR count). The van der Waals surface area contributed by atoms with E-state index in [0.29, 0.717) is 18.4 Å². The quantitative estimate of drug-likeness (QED) is 0.823. The van der Waals surface area contributed by atoms with Crippen LogP contribution in [0.2, 0.25) is 0 Å². The lowest BCUT2D eigenvalue weighted by Crippen LogP contribution is -2.57. The first kappa shape index (κ1) is 16.1. The summed E-state index contributed by atoms with van der Waals surface area (Å²) in [5.41, 5.74) is 0. The molecular weight excluding hydrogens is 268 g/mol. The Morgan fingerprint density at radius 3 is 2.38 bits per heavy atom. The van der Waals surface area contributed by atoms with E-state index in [-0.39, 0.29) is 18.0 Å². The molecule has 5 atom stereocenters. The van der Waals surface area contributed by atoms with Gasteiger partial charge in [0.25, 0.3) is 0 Å². The Bertz CT molecular complexity index is 399. The molecule has 2 aliphatic rings. The van der Waals surface area contributed by atoms with Gasteiger partial charge in [-0.25, -0.2) is 9.59 Å². The number of hydrogen-bond donors (Lipinski definition) is 2. The van der Waals surface area contributed by atoms with Crippen LogP contribution in [0, 0.1) is 17.8 Å². The average Bonchev–Trinajstić information content (AvgIpc) is 2.43. The minimum atomic E-state index is -0.887. The zero-order chi connectivity index (χ0) is 15.6. The highest BCUT2D eigenvalue weighted by molar-refractivity contribution is 5.83. The molecule has 21 heavy (non-hydrogen) atoms. The zero-order valence-electron chi connectivity index (χ0n) is 13.3. The van der Waals surface area contributed by atoms with Crippen molar-refractivity contribution in [2.75, 3.05) is 6.54 Å². The Kier molecular flexibility index (Phi) is 5.12. The van der Waals surface area contributed by atoms with Crippen molar-refractivity contribution in [2.45, 2.75) is 65.0 Å². The molecule has 1 saturated carbocycles. The van der Waals surface area contributed by atoms with E-state index in [4.69, 9.17) is 0 Å². The zero-order valence-corrected chi connectivity index (χ0v) is 13.3. The first-order chi connectivity index (χ1) is 9.91. The number of nitrogens with one attached hydrogen (secondary N) is 1. The van der Waals surface area contributed by atoms with Crippen molar-refractivity contribution in [3.05, 3.63) is 0 Å². The van der Waals surface area contributed by atoms with Gasteiger partial charge in [0.1, 0.15) is 6.04 Å². The highest BCUT2D eigenvalue weighted by Gasteiger charge is 2.38. The maximum absolute atomic E-state index is 12.5. The predicted octanol–water partition coefficient (Wildman–Crippen LogP) is 2.71.